The van der Waals surface area contributed by atoms with Gasteiger partial charge in [0.15, 0.2) is 0 Å². The summed E-state index contributed by atoms with van der Waals surface area (Å²) in [6, 6.07) is 1.61. The zero-order valence-corrected chi connectivity index (χ0v) is 12.0. The van der Waals surface area contributed by atoms with Crippen molar-refractivity contribution in [2.24, 2.45) is 0 Å². The van der Waals surface area contributed by atoms with Gasteiger partial charge in [-0.15, -0.1) is 0 Å². The maximum Gasteiger partial charge on any atom is 0.352 e. The number of aromatic carboxylic acids is 1. The number of aromatic nitrogens is 1. The lowest BCUT2D eigenvalue weighted by Gasteiger charge is -2.06. The van der Waals surface area contributed by atoms with Gasteiger partial charge in [0.1, 0.15) is 5.69 Å². The quantitative estimate of drug-likeness (QED) is 0.710. The summed E-state index contributed by atoms with van der Waals surface area (Å²) in [5.41, 5.74) is 0.308. The Morgan fingerprint density at radius 2 is 2.17 bits per heavy atom. The van der Waals surface area contributed by atoms with Gasteiger partial charge < -0.3 is 19.1 Å². The Balaban J connectivity index is 2.25. The van der Waals surface area contributed by atoms with Crippen molar-refractivity contribution in [3.63, 3.8) is 0 Å². The third kappa shape index (κ3) is 5.20. The summed E-state index contributed by atoms with van der Waals surface area (Å²) in [7, 11) is 1.64. The number of hydrogen-bond acceptors (Lipinski definition) is 3. The lowest BCUT2D eigenvalue weighted by atomic mass is 10.3. The first-order valence-corrected chi connectivity index (χ1v) is 6.60. The normalized spacial score (nSPS) is 10.8. The standard InChI is InChI=1S/C12H18BrNO4/c1-17-6-7-18-5-3-2-4-14-9-10(13)8-11(14)12(15)16/h8-9H,2-7H2,1H3,(H,15,16). The predicted octanol–water partition coefficient (Wildman–Crippen LogP) is 2.39. The molecular weight excluding hydrogens is 302 g/mol. The van der Waals surface area contributed by atoms with Crippen molar-refractivity contribution in [2.75, 3.05) is 26.9 Å². The molecule has 1 rings (SSSR count). The van der Waals surface area contributed by atoms with E-state index in [1.165, 1.54) is 0 Å². The summed E-state index contributed by atoms with van der Waals surface area (Å²) in [6.45, 7) is 2.56. The van der Waals surface area contributed by atoms with E-state index in [9.17, 15) is 4.79 Å². The Bertz CT molecular complexity index is 378. The van der Waals surface area contributed by atoms with Crippen molar-refractivity contribution >= 4 is 21.9 Å². The van der Waals surface area contributed by atoms with Crippen molar-refractivity contribution in [2.45, 2.75) is 19.4 Å². The molecule has 0 amide bonds. The molecule has 0 aromatic carbocycles. The summed E-state index contributed by atoms with van der Waals surface area (Å²) in [5.74, 6) is -0.906. The van der Waals surface area contributed by atoms with Gasteiger partial charge in [-0.1, -0.05) is 0 Å². The van der Waals surface area contributed by atoms with Crippen LogP contribution in [0.5, 0.6) is 0 Å². The molecule has 0 radical (unpaired) electrons. The first kappa shape index (κ1) is 15.2. The van der Waals surface area contributed by atoms with Gasteiger partial charge in [0.25, 0.3) is 0 Å². The third-order valence-corrected chi connectivity index (χ3v) is 2.89. The summed E-state index contributed by atoms with van der Waals surface area (Å²) in [4.78, 5) is 11.0. The van der Waals surface area contributed by atoms with Crippen LogP contribution in [0.25, 0.3) is 0 Å². The number of unbranched alkanes of at least 4 members (excludes halogenated alkanes) is 1. The first-order valence-electron chi connectivity index (χ1n) is 5.81. The van der Waals surface area contributed by atoms with Gasteiger partial charge in [0.05, 0.1) is 13.2 Å². The van der Waals surface area contributed by atoms with Crippen LogP contribution in [0, 0.1) is 0 Å². The van der Waals surface area contributed by atoms with E-state index in [4.69, 9.17) is 14.6 Å². The van der Waals surface area contributed by atoms with E-state index in [1.54, 1.807) is 23.9 Å². The van der Waals surface area contributed by atoms with Crippen LogP contribution in [-0.2, 0) is 16.0 Å². The van der Waals surface area contributed by atoms with E-state index in [-0.39, 0.29) is 0 Å². The van der Waals surface area contributed by atoms with Crippen molar-refractivity contribution in [3.05, 3.63) is 22.4 Å². The lowest BCUT2D eigenvalue weighted by Crippen LogP contribution is -2.09. The molecule has 6 heteroatoms. The van der Waals surface area contributed by atoms with E-state index in [0.717, 1.165) is 17.3 Å². The molecule has 0 atom stereocenters. The molecule has 1 heterocycles. The van der Waals surface area contributed by atoms with Crippen LogP contribution in [-0.4, -0.2) is 42.6 Å². The minimum atomic E-state index is -0.906. The summed E-state index contributed by atoms with van der Waals surface area (Å²) in [6.07, 6.45) is 3.57. The van der Waals surface area contributed by atoms with Gasteiger partial charge >= 0.3 is 5.97 Å². The van der Waals surface area contributed by atoms with Gasteiger partial charge in [-0.05, 0) is 34.8 Å². The Morgan fingerprint density at radius 3 is 2.83 bits per heavy atom. The molecule has 1 aromatic rings. The van der Waals surface area contributed by atoms with E-state index in [2.05, 4.69) is 15.9 Å². The molecule has 18 heavy (non-hydrogen) atoms. The Kier molecular flexibility index (Phi) is 7.00. The van der Waals surface area contributed by atoms with Crippen molar-refractivity contribution in [1.29, 1.82) is 0 Å². The summed E-state index contributed by atoms with van der Waals surface area (Å²) >= 11 is 3.28. The minimum Gasteiger partial charge on any atom is -0.477 e. The largest absolute Gasteiger partial charge is 0.477 e. The second kappa shape index (κ2) is 8.29. The lowest BCUT2D eigenvalue weighted by molar-refractivity contribution is 0.0672. The zero-order chi connectivity index (χ0) is 13.4. The Morgan fingerprint density at radius 1 is 1.39 bits per heavy atom. The first-order chi connectivity index (χ1) is 8.65. The van der Waals surface area contributed by atoms with E-state index >= 15 is 0 Å². The molecule has 0 aliphatic rings. The monoisotopic (exact) mass is 319 g/mol. The highest BCUT2D eigenvalue weighted by atomic mass is 79.9. The zero-order valence-electron chi connectivity index (χ0n) is 10.4. The number of carboxylic acids is 1. The molecule has 0 saturated carbocycles. The topological polar surface area (TPSA) is 60.7 Å². The molecular formula is C12H18BrNO4. The van der Waals surface area contributed by atoms with Gasteiger partial charge in [0.2, 0.25) is 0 Å². The van der Waals surface area contributed by atoms with E-state index in [1.807, 2.05) is 0 Å². The molecule has 5 nitrogen and oxygen atoms in total. The van der Waals surface area contributed by atoms with Crippen LogP contribution in [0.4, 0.5) is 0 Å². The fourth-order valence-corrected chi connectivity index (χ4v) is 2.03. The molecule has 102 valence electrons. The maximum absolute atomic E-state index is 11.0. The van der Waals surface area contributed by atoms with Crippen LogP contribution in [0.3, 0.4) is 0 Å². The van der Waals surface area contributed by atoms with Crippen molar-refractivity contribution in [1.82, 2.24) is 4.57 Å². The van der Waals surface area contributed by atoms with E-state index in [0.29, 0.717) is 32.1 Å². The van der Waals surface area contributed by atoms with Gasteiger partial charge in [-0.3, -0.25) is 0 Å². The number of nitrogens with zero attached hydrogens (tertiary/aromatic N) is 1. The van der Waals surface area contributed by atoms with Crippen molar-refractivity contribution < 1.29 is 19.4 Å². The number of carboxylic acid groups (broad SMARTS) is 1. The highest BCUT2D eigenvalue weighted by Gasteiger charge is 2.10. The second-order valence-electron chi connectivity index (χ2n) is 3.85. The number of ether oxygens (including phenoxy) is 2. The van der Waals surface area contributed by atoms with Crippen LogP contribution in [0.1, 0.15) is 23.3 Å². The Labute approximate surface area is 115 Å². The fourth-order valence-electron chi connectivity index (χ4n) is 1.57. The second-order valence-corrected chi connectivity index (χ2v) is 4.77. The number of carbonyl (C=O) groups is 1. The molecule has 0 aliphatic carbocycles. The number of methoxy groups -OCH3 is 1. The highest BCUT2D eigenvalue weighted by molar-refractivity contribution is 9.10. The smallest absolute Gasteiger partial charge is 0.352 e. The summed E-state index contributed by atoms with van der Waals surface area (Å²) < 4.78 is 12.7. The molecule has 1 aromatic heterocycles. The fraction of sp³-hybridized carbons (Fsp3) is 0.583. The summed E-state index contributed by atoms with van der Waals surface area (Å²) in [5, 5.41) is 9.00. The molecule has 0 spiro atoms. The Hall–Kier alpha value is -0.850. The van der Waals surface area contributed by atoms with Crippen LogP contribution in [0.15, 0.2) is 16.7 Å². The molecule has 0 saturated heterocycles. The maximum atomic E-state index is 11.0. The molecule has 0 unspecified atom stereocenters. The van der Waals surface area contributed by atoms with Gasteiger partial charge in [-0.25, -0.2) is 4.79 Å². The number of halogens is 1. The van der Waals surface area contributed by atoms with Crippen molar-refractivity contribution in [3.8, 4) is 0 Å². The van der Waals surface area contributed by atoms with Gasteiger partial charge in [0, 0.05) is 30.9 Å². The number of hydrogen-bond donors (Lipinski definition) is 1. The number of aryl methyl sites for hydroxylation is 1. The molecule has 0 aliphatic heterocycles. The SMILES string of the molecule is COCCOCCCCn1cc(Br)cc1C(=O)O. The van der Waals surface area contributed by atoms with Crippen LogP contribution < -0.4 is 0 Å². The third-order valence-electron chi connectivity index (χ3n) is 2.45. The average molecular weight is 320 g/mol. The minimum absolute atomic E-state index is 0.308. The predicted molar refractivity (Wildman–Crippen MR) is 71.0 cm³/mol. The average Bonchev–Trinajstić information content (AvgIpc) is 2.69. The van der Waals surface area contributed by atoms with Crippen LogP contribution in [0.2, 0.25) is 0 Å². The van der Waals surface area contributed by atoms with Crippen LogP contribution >= 0.6 is 15.9 Å². The van der Waals surface area contributed by atoms with Gasteiger partial charge in [-0.2, -0.15) is 0 Å². The number of rotatable bonds is 9. The molecule has 0 fully saturated rings. The highest BCUT2D eigenvalue weighted by Crippen LogP contribution is 2.15. The molecule has 1 N–H and O–H groups in total. The molecule has 0 bridgehead atoms. The van der Waals surface area contributed by atoms with E-state index < -0.39 is 5.97 Å².